The number of hydrogen-bond acceptors (Lipinski definition) is 5. The molecule has 4 atom stereocenters. The lowest BCUT2D eigenvalue weighted by Gasteiger charge is -2.36. The summed E-state index contributed by atoms with van der Waals surface area (Å²) in [5.74, 6) is -0.244. The second-order valence-electron chi connectivity index (χ2n) is 4.14. The molecule has 0 aromatic carbocycles. The van der Waals surface area contributed by atoms with Crippen LogP contribution >= 0.6 is 0 Å². The molecule has 1 aromatic heterocycles. The summed E-state index contributed by atoms with van der Waals surface area (Å²) >= 11 is 0. The Morgan fingerprint density at radius 3 is 2.88 bits per heavy atom. The van der Waals surface area contributed by atoms with Crippen LogP contribution in [0.5, 0.6) is 0 Å². The van der Waals surface area contributed by atoms with Crippen LogP contribution in [0.3, 0.4) is 0 Å². The number of aryl methyl sites for hydroxylation is 1. The standard InChI is InChI=1S/C10H17N3O3/c1-13-4-6(3-12-13)7-5-16-8(2-11)10(15)9(7)14/h3-4,7-10,14-15H,2,5,11H2,1H3/t7-,8+,9+,10-/m0/s1. The van der Waals surface area contributed by atoms with E-state index in [1.165, 1.54) is 0 Å². The number of aliphatic hydroxyl groups is 2. The zero-order valence-electron chi connectivity index (χ0n) is 9.15. The lowest BCUT2D eigenvalue weighted by Crippen LogP contribution is -2.51. The molecule has 1 aromatic rings. The highest BCUT2D eigenvalue weighted by Crippen LogP contribution is 2.28. The number of hydrogen-bond donors (Lipinski definition) is 3. The highest BCUT2D eigenvalue weighted by molar-refractivity contribution is 5.15. The number of nitrogens with two attached hydrogens (primary N) is 1. The van der Waals surface area contributed by atoms with Gasteiger partial charge in [-0.1, -0.05) is 0 Å². The monoisotopic (exact) mass is 227 g/mol. The molecule has 0 aliphatic carbocycles. The third kappa shape index (κ3) is 1.97. The third-order valence-corrected chi connectivity index (χ3v) is 3.02. The van der Waals surface area contributed by atoms with Gasteiger partial charge in [0.15, 0.2) is 0 Å². The van der Waals surface area contributed by atoms with Gasteiger partial charge < -0.3 is 20.7 Å². The van der Waals surface area contributed by atoms with E-state index in [9.17, 15) is 10.2 Å². The average molecular weight is 227 g/mol. The van der Waals surface area contributed by atoms with Crippen molar-refractivity contribution in [1.29, 1.82) is 0 Å². The molecule has 1 saturated heterocycles. The highest BCUT2D eigenvalue weighted by atomic mass is 16.5. The first-order valence-corrected chi connectivity index (χ1v) is 5.30. The van der Waals surface area contributed by atoms with Crippen molar-refractivity contribution in [2.45, 2.75) is 24.2 Å². The molecule has 2 rings (SSSR count). The molecule has 1 aliphatic rings. The van der Waals surface area contributed by atoms with Crippen molar-refractivity contribution >= 4 is 0 Å². The van der Waals surface area contributed by atoms with Crippen LogP contribution in [-0.4, -0.2) is 51.5 Å². The van der Waals surface area contributed by atoms with Crippen molar-refractivity contribution in [3.05, 3.63) is 18.0 Å². The minimum Gasteiger partial charge on any atom is -0.390 e. The fraction of sp³-hybridized carbons (Fsp3) is 0.700. The molecular formula is C10H17N3O3. The van der Waals surface area contributed by atoms with Crippen molar-refractivity contribution in [3.8, 4) is 0 Å². The van der Waals surface area contributed by atoms with E-state index in [0.717, 1.165) is 5.56 Å². The molecule has 0 amide bonds. The Morgan fingerprint density at radius 1 is 1.56 bits per heavy atom. The molecule has 4 N–H and O–H groups in total. The summed E-state index contributed by atoms with van der Waals surface area (Å²) in [6.45, 7) is 0.559. The number of nitrogens with zero attached hydrogens (tertiary/aromatic N) is 2. The van der Waals surface area contributed by atoms with E-state index >= 15 is 0 Å². The van der Waals surface area contributed by atoms with E-state index in [4.69, 9.17) is 10.5 Å². The molecular weight excluding hydrogens is 210 g/mol. The van der Waals surface area contributed by atoms with Gasteiger partial charge in [0, 0.05) is 25.7 Å². The van der Waals surface area contributed by atoms with Crippen LogP contribution < -0.4 is 5.73 Å². The maximum Gasteiger partial charge on any atom is 0.108 e. The molecule has 0 unspecified atom stereocenters. The van der Waals surface area contributed by atoms with E-state index in [1.54, 1.807) is 17.9 Å². The molecule has 90 valence electrons. The largest absolute Gasteiger partial charge is 0.390 e. The van der Waals surface area contributed by atoms with Crippen LogP contribution in [0, 0.1) is 0 Å². The predicted molar refractivity (Wildman–Crippen MR) is 56.8 cm³/mol. The molecule has 2 heterocycles. The van der Waals surface area contributed by atoms with E-state index in [1.807, 2.05) is 6.20 Å². The van der Waals surface area contributed by atoms with Crippen molar-refractivity contribution < 1.29 is 14.9 Å². The van der Waals surface area contributed by atoms with Gasteiger partial charge >= 0.3 is 0 Å². The molecule has 1 fully saturated rings. The Kier molecular flexibility index (Phi) is 3.25. The summed E-state index contributed by atoms with van der Waals surface area (Å²) in [5, 5.41) is 23.8. The van der Waals surface area contributed by atoms with Gasteiger partial charge in [0.05, 0.1) is 25.0 Å². The van der Waals surface area contributed by atoms with Crippen molar-refractivity contribution in [1.82, 2.24) is 9.78 Å². The number of ether oxygens (including phenoxy) is 1. The summed E-state index contributed by atoms with van der Waals surface area (Å²) in [6, 6.07) is 0. The molecule has 0 saturated carbocycles. The number of aromatic nitrogens is 2. The van der Waals surface area contributed by atoms with Crippen LogP contribution in [0.1, 0.15) is 11.5 Å². The van der Waals surface area contributed by atoms with Gasteiger partial charge in [-0.15, -0.1) is 0 Å². The lowest BCUT2D eigenvalue weighted by molar-refractivity contribution is -0.142. The number of rotatable bonds is 2. The van der Waals surface area contributed by atoms with Gasteiger partial charge in [-0.3, -0.25) is 4.68 Å². The topological polar surface area (TPSA) is 93.5 Å². The van der Waals surface area contributed by atoms with E-state index in [-0.39, 0.29) is 12.5 Å². The van der Waals surface area contributed by atoms with Gasteiger partial charge in [0.25, 0.3) is 0 Å². The van der Waals surface area contributed by atoms with Gasteiger partial charge in [-0.2, -0.15) is 5.10 Å². The first-order chi connectivity index (χ1) is 7.63. The molecule has 0 spiro atoms. The van der Waals surface area contributed by atoms with E-state index in [2.05, 4.69) is 5.10 Å². The Hall–Kier alpha value is -0.950. The van der Waals surface area contributed by atoms with E-state index in [0.29, 0.717) is 6.61 Å². The molecule has 16 heavy (non-hydrogen) atoms. The van der Waals surface area contributed by atoms with E-state index < -0.39 is 18.3 Å². The van der Waals surface area contributed by atoms with Gasteiger partial charge in [-0.25, -0.2) is 0 Å². The highest BCUT2D eigenvalue weighted by Gasteiger charge is 2.38. The normalized spacial score (nSPS) is 35.2. The Balaban J connectivity index is 2.13. The number of aliphatic hydroxyl groups excluding tert-OH is 2. The van der Waals surface area contributed by atoms with Crippen LogP contribution in [-0.2, 0) is 11.8 Å². The Bertz CT molecular complexity index is 355. The zero-order chi connectivity index (χ0) is 11.7. The maximum absolute atomic E-state index is 9.98. The second kappa shape index (κ2) is 4.50. The van der Waals surface area contributed by atoms with Crippen molar-refractivity contribution in [2.75, 3.05) is 13.2 Å². The fourth-order valence-corrected chi connectivity index (χ4v) is 2.01. The first kappa shape index (κ1) is 11.5. The Labute approximate surface area is 93.6 Å². The van der Waals surface area contributed by atoms with Crippen LogP contribution in [0.2, 0.25) is 0 Å². The summed E-state index contributed by atoms with van der Waals surface area (Å²) in [4.78, 5) is 0. The van der Waals surface area contributed by atoms with Crippen molar-refractivity contribution in [3.63, 3.8) is 0 Å². The minimum absolute atomic E-state index is 0.206. The summed E-state index contributed by atoms with van der Waals surface area (Å²) in [7, 11) is 1.80. The maximum atomic E-state index is 9.98. The summed E-state index contributed by atoms with van der Waals surface area (Å²) in [6.07, 6.45) is 1.21. The smallest absolute Gasteiger partial charge is 0.108 e. The molecule has 0 bridgehead atoms. The van der Waals surface area contributed by atoms with Gasteiger partial charge in [-0.05, 0) is 5.56 Å². The predicted octanol–water partition coefficient (Wildman–Crippen LogP) is -1.42. The lowest BCUT2D eigenvalue weighted by atomic mass is 9.88. The molecule has 6 nitrogen and oxygen atoms in total. The quantitative estimate of drug-likeness (QED) is 0.576. The van der Waals surface area contributed by atoms with Crippen LogP contribution in [0.15, 0.2) is 12.4 Å². The van der Waals surface area contributed by atoms with Gasteiger partial charge in [0.1, 0.15) is 6.10 Å². The third-order valence-electron chi connectivity index (χ3n) is 3.02. The van der Waals surface area contributed by atoms with Crippen LogP contribution in [0.25, 0.3) is 0 Å². The van der Waals surface area contributed by atoms with Gasteiger partial charge in [0.2, 0.25) is 0 Å². The van der Waals surface area contributed by atoms with Crippen molar-refractivity contribution in [2.24, 2.45) is 12.8 Å². The molecule has 1 aliphatic heterocycles. The average Bonchev–Trinajstić information content (AvgIpc) is 2.69. The summed E-state index contributed by atoms with van der Waals surface area (Å²) in [5.41, 5.74) is 6.30. The summed E-state index contributed by atoms with van der Waals surface area (Å²) < 4.78 is 7.07. The first-order valence-electron chi connectivity index (χ1n) is 5.30. The minimum atomic E-state index is -0.941. The SMILES string of the molecule is Cn1cc([C@@H]2CO[C@H](CN)[C@H](O)[C@@H]2O)cn1. The second-order valence-corrected chi connectivity index (χ2v) is 4.14. The molecule has 6 heteroatoms. The molecule has 0 radical (unpaired) electrons. The zero-order valence-corrected chi connectivity index (χ0v) is 9.15. The Morgan fingerprint density at radius 2 is 2.31 bits per heavy atom. The van der Waals surface area contributed by atoms with Crippen LogP contribution in [0.4, 0.5) is 0 Å². The fourth-order valence-electron chi connectivity index (χ4n) is 2.01.